The Kier molecular flexibility index (Phi) is 7.05. The lowest BCUT2D eigenvalue weighted by atomic mass is 10.1. The molecule has 2 rings (SSSR count). The standard InChI is InChI=1S/C20H22O4/c1-3-5-6-16-7-9-17(10-8-16)15-22-24-19-13-11-18(12-14-19)23-20(21)4-2/h4,7-14H,2-3,5-6,15H2,1H3. The molecular formula is C20H22O4. The van der Waals surface area contributed by atoms with Gasteiger partial charge in [-0.05, 0) is 48.2 Å². The second-order valence-electron chi connectivity index (χ2n) is 5.36. The average Bonchev–Trinajstić information content (AvgIpc) is 2.62. The zero-order valence-electron chi connectivity index (χ0n) is 13.9. The Morgan fingerprint density at radius 2 is 1.62 bits per heavy atom. The predicted molar refractivity (Wildman–Crippen MR) is 92.7 cm³/mol. The van der Waals surface area contributed by atoms with Gasteiger partial charge in [-0.1, -0.05) is 44.2 Å². The van der Waals surface area contributed by atoms with E-state index < -0.39 is 5.97 Å². The summed E-state index contributed by atoms with van der Waals surface area (Å²) < 4.78 is 4.98. The zero-order valence-corrected chi connectivity index (χ0v) is 13.9. The maximum absolute atomic E-state index is 11.1. The molecule has 0 heterocycles. The van der Waals surface area contributed by atoms with Crippen molar-refractivity contribution < 1.29 is 19.3 Å². The molecule has 0 aliphatic heterocycles. The van der Waals surface area contributed by atoms with E-state index in [9.17, 15) is 4.79 Å². The van der Waals surface area contributed by atoms with Crippen LogP contribution in [0, 0.1) is 0 Å². The number of rotatable bonds is 9. The van der Waals surface area contributed by atoms with Crippen molar-refractivity contribution in [1.29, 1.82) is 0 Å². The fourth-order valence-corrected chi connectivity index (χ4v) is 2.07. The van der Waals surface area contributed by atoms with Crippen molar-refractivity contribution >= 4 is 5.97 Å². The van der Waals surface area contributed by atoms with Crippen molar-refractivity contribution in [2.45, 2.75) is 32.8 Å². The van der Waals surface area contributed by atoms with Crippen LogP contribution in [0.15, 0.2) is 61.2 Å². The van der Waals surface area contributed by atoms with Gasteiger partial charge in [0, 0.05) is 6.08 Å². The lowest BCUT2D eigenvalue weighted by Gasteiger charge is -2.07. The molecule has 126 valence electrons. The Labute approximate surface area is 142 Å². The van der Waals surface area contributed by atoms with Gasteiger partial charge in [0.05, 0.1) is 0 Å². The van der Waals surface area contributed by atoms with Crippen molar-refractivity contribution in [3.63, 3.8) is 0 Å². The number of esters is 1. The van der Waals surface area contributed by atoms with Gasteiger partial charge in [0.1, 0.15) is 12.4 Å². The molecule has 0 amide bonds. The third-order valence-electron chi connectivity index (χ3n) is 3.43. The van der Waals surface area contributed by atoms with E-state index in [2.05, 4.69) is 25.6 Å². The molecule has 4 heteroatoms. The highest BCUT2D eigenvalue weighted by atomic mass is 17.2. The van der Waals surface area contributed by atoms with Crippen LogP contribution in [0.1, 0.15) is 30.9 Å². The van der Waals surface area contributed by atoms with Gasteiger partial charge in [0.2, 0.25) is 0 Å². The van der Waals surface area contributed by atoms with Gasteiger partial charge in [0.25, 0.3) is 0 Å². The molecule has 0 aliphatic carbocycles. The second-order valence-corrected chi connectivity index (χ2v) is 5.36. The first-order valence-corrected chi connectivity index (χ1v) is 8.03. The Hall–Kier alpha value is -2.59. The maximum Gasteiger partial charge on any atom is 0.335 e. The summed E-state index contributed by atoms with van der Waals surface area (Å²) in [5, 5.41) is 0. The fourth-order valence-electron chi connectivity index (χ4n) is 2.07. The quantitative estimate of drug-likeness (QED) is 0.221. The van der Waals surface area contributed by atoms with Crippen LogP contribution in [-0.2, 0) is 22.7 Å². The van der Waals surface area contributed by atoms with Crippen LogP contribution < -0.4 is 9.62 Å². The van der Waals surface area contributed by atoms with Crippen LogP contribution in [0.5, 0.6) is 11.5 Å². The van der Waals surface area contributed by atoms with Gasteiger partial charge in [-0.3, -0.25) is 0 Å². The molecule has 2 aromatic carbocycles. The minimum atomic E-state index is -0.498. The van der Waals surface area contributed by atoms with E-state index in [1.807, 2.05) is 12.1 Å². The van der Waals surface area contributed by atoms with Crippen LogP contribution in [0.25, 0.3) is 0 Å². The number of carbonyl (C=O) groups is 1. The number of aryl methyl sites for hydroxylation is 1. The minimum absolute atomic E-state index is 0.362. The second kappa shape index (κ2) is 9.53. The third kappa shape index (κ3) is 5.89. The first-order chi connectivity index (χ1) is 11.7. The topological polar surface area (TPSA) is 44.8 Å². The summed E-state index contributed by atoms with van der Waals surface area (Å²) in [6.07, 6.45) is 4.62. The lowest BCUT2D eigenvalue weighted by Crippen LogP contribution is -2.03. The van der Waals surface area contributed by atoms with Gasteiger partial charge in [-0.15, -0.1) is 0 Å². The normalized spacial score (nSPS) is 10.2. The predicted octanol–water partition coefficient (Wildman–Crippen LogP) is 4.63. The van der Waals surface area contributed by atoms with Crippen molar-refractivity contribution in [2.24, 2.45) is 0 Å². The van der Waals surface area contributed by atoms with Crippen LogP contribution in [0.4, 0.5) is 0 Å². The highest BCUT2D eigenvalue weighted by Crippen LogP contribution is 2.18. The van der Waals surface area contributed by atoms with E-state index in [0.29, 0.717) is 18.1 Å². The van der Waals surface area contributed by atoms with Crippen LogP contribution in [0.2, 0.25) is 0 Å². The van der Waals surface area contributed by atoms with Gasteiger partial charge in [-0.25, -0.2) is 4.79 Å². The highest BCUT2D eigenvalue weighted by molar-refractivity contribution is 5.83. The maximum atomic E-state index is 11.1. The van der Waals surface area contributed by atoms with E-state index in [1.54, 1.807) is 24.3 Å². The molecule has 0 aliphatic rings. The molecule has 24 heavy (non-hydrogen) atoms. The summed E-state index contributed by atoms with van der Waals surface area (Å²) in [6.45, 7) is 5.90. The number of hydrogen-bond donors (Lipinski definition) is 0. The molecule has 0 saturated carbocycles. The number of carbonyl (C=O) groups excluding carboxylic acids is 1. The summed E-state index contributed by atoms with van der Waals surface area (Å²) in [5.41, 5.74) is 2.39. The Balaban J connectivity index is 1.77. The lowest BCUT2D eigenvalue weighted by molar-refractivity contribution is -0.217. The molecule has 0 atom stereocenters. The molecule has 4 nitrogen and oxygen atoms in total. The molecule has 0 bridgehead atoms. The number of ether oxygens (including phenoxy) is 1. The smallest absolute Gasteiger partial charge is 0.335 e. The van der Waals surface area contributed by atoms with Crippen LogP contribution in [0.3, 0.4) is 0 Å². The highest BCUT2D eigenvalue weighted by Gasteiger charge is 2.02. The monoisotopic (exact) mass is 326 g/mol. The summed E-state index contributed by atoms with van der Waals surface area (Å²) in [4.78, 5) is 21.6. The van der Waals surface area contributed by atoms with Crippen LogP contribution >= 0.6 is 0 Å². The van der Waals surface area contributed by atoms with Crippen molar-refractivity contribution in [3.8, 4) is 11.5 Å². The van der Waals surface area contributed by atoms with Crippen molar-refractivity contribution in [3.05, 3.63) is 72.3 Å². The molecule has 0 unspecified atom stereocenters. The molecule has 0 fully saturated rings. The van der Waals surface area contributed by atoms with Gasteiger partial charge in [-0.2, -0.15) is 4.89 Å². The average molecular weight is 326 g/mol. The molecule has 0 saturated heterocycles. The Morgan fingerprint density at radius 1 is 1.00 bits per heavy atom. The molecule has 2 aromatic rings. The first kappa shape index (κ1) is 17.8. The third-order valence-corrected chi connectivity index (χ3v) is 3.43. The summed E-state index contributed by atoms with van der Waals surface area (Å²) in [5.74, 6) is 0.463. The largest absolute Gasteiger partial charge is 0.423 e. The number of benzene rings is 2. The first-order valence-electron chi connectivity index (χ1n) is 8.03. The van der Waals surface area contributed by atoms with Crippen molar-refractivity contribution in [2.75, 3.05) is 0 Å². The molecule has 0 aromatic heterocycles. The van der Waals surface area contributed by atoms with Gasteiger partial charge in [0.15, 0.2) is 5.75 Å². The van der Waals surface area contributed by atoms with Crippen LogP contribution in [-0.4, -0.2) is 5.97 Å². The number of hydrogen-bond acceptors (Lipinski definition) is 4. The molecule has 0 spiro atoms. The van der Waals surface area contributed by atoms with E-state index in [4.69, 9.17) is 14.5 Å². The Bertz CT molecular complexity index is 644. The molecular weight excluding hydrogens is 304 g/mol. The summed E-state index contributed by atoms with van der Waals surface area (Å²) in [7, 11) is 0. The van der Waals surface area contributed by atoms with E-state index in [0.717, 1.165) is 18.1 Å². The van der Waals surface area contributed by atoms with Crippen molar-refractivity contribution in [1.82, 2.24) is 0 Å². The van der Waals surface area contributed by atoms with E-state index >= 15 is 0 Å². The van der Waals surface area contributed by atoms with Gasteiger partial charge >= 0.3 is 5.97 Å². The zero-order chi connectivity index (χ0) is 17.2. The fraction of sp³-hybridized carbons (Fsp3) is 0.250. The van der Waals surface area contributed by atoms with E-state index in [-0.39, 0.29) is 0 Å². The Morgan fingerprint density at radius 3 is 2.25 bits per heavy atom. The minimum Gasteiger partial charge on any atom is -0.423 e. The summed E-state index contributed by atoms with van der Waals surface area (Å²) >= 11 is 0. The molecule has 0 radical (unpaired) electrons. The number of unbranched alkanes of at least 4 members (excludes halogenated alkanes) is 1. The molecule has 0 N–H and O–H groups in total. The SMILES string of the molecule is C=CC(=O)Oc1ccc(OOCc2ccc(CCCC)cc2)cc1. The van der Waals surface area contributed by atoms with Gasteiger partial charge < -0.3 is 9.62 Å². The van der Waals surface area contributed by atoms with E-state index in [1.165, 1.54) is 18.4 Å². The summed E-state index contributed by atoms with van der Waals surface area (Å²) in [6, 6.07) is 14.9.